The molecule has 6 nitrogen and oxygen atoms in total. The van der Waals surface area contributed by atoms with Crippen LogP contribution in [0.2, 0.25) is 0 Å². The third kappa shape index (κ3) is 2.52. The SMILES string of the molecule is O=C(Nc1nc2c(s1)CN(C(=O)C1CC1)CC2)c1ccoc1. The smallest absolute Gasteiger partial charge is 0.260 e. The van der Waals surface area contributed by atoms with E-state index in [1.165, 1.54) is 23.9 Å². The maximum absolute atomic E-state index is 12.1. The molecule has 0 atom stereocenters. The van der Waals surface area contributed by atoms with Crippen LogP contribution in [0.3, 0.4) is 0 Å². The molecule has 2 aromatic rings. The molecule has 0 unspecified atom stereocenters. The normalized spacial score (nSPS) is 17.2. The lowest BCUT2D eigenvalue weighted by molar-refractivity contribution is -0.133. The number of carbonyl (C=O) groups excluding carboxylic acids is 2. The van der Waals surface area contributed by atoms with Crippen LogP contribution in [0.25, 0.3) is 0 Å². The summed E-state index contributed by atoms with van der Waals surface area (Å²) in [6.45, 7) is 1.34. The summed E-state index contributed by atoms with van der Waals surface area (Å²) in [6.07, 6.45) is 5.67. The zero-order valence-corrected chi connectivity index (χ0v) is 12.7. The second-order valence-electron chi connectivity index (χ2n) is 5.64. The van der Waals surface area contributed by atoms with Crippen molar-refractivity contribution in [2.75, 3.05) is 11.9 Å². The van der Waals surface area contributed by atoms with E-state index >= 15 is 0 Å². The first-order valence-electron chi connectivity index (χ1n) is 7.31. The first-order valence-corrected chi connectivity index (χ1v) is 8.13. The molecular weight excluding hydrogens is 302 g/mol. The maximum Gasteiger partial charge on any atom is 0.260 e. The Morgan fingerprint density at radius 2 is 2.27 bits per heavy atom. The first kappa shape index (κ1) is 13.5. The lowest BCUT2D eigenvalue weighted by Crippen LogP contribution is -2.36. The summed E-state index contributed by atoms with van der Waals surface area (Å²) in [5.41, 5.74) is 1.46. The summed E-state index contributed by atoms with van der Waals surface area (Å²) in [5, 5.41) is 3.37. The summed E-state index contributed by atoms with van der Waals surface area (Å²) < 4.78 is 4.90. The molecule has 1 aliphatic carbocycles. The van der Waals surface area contributed by atoms with Crippen molar-refractivity contribution in [2.45, 2.75) is 25.8 Å². The second kappa shape index (κ2) is 5.24. The number of amides is 2. The number of fused-ring (bicyclic) bond motifs is 1. The number of rotatable bonds is 3. The minimum atomic E-state index is -0.231. The van der Waals surface area contributed by atoms with Crippen molar-refractivity contribution in [1.82, 2.24) is 9.88 Å². The molecule has 0 spiro atoms. The van der Waals surface area contributed by atoms with Crippen LogP contribution < -0.4 is 5.32 Å². The Balaban J connectivity index is 1.46. The Morgan fingerprint density at radius 1 is 1.41 bits per heavy atom. The van der Waals surface area contributed by atoms with Crippen LogP contribution in [-0.4, -0.2) is 28.2 Å². The molecule has 0 bridgehead atoms. The minimum Gasteiger partial charge on any atom is -0.472 e. The zero-order valence-electron chi connectivity index (χ0n) is 11.9. The molecule has 2 amide bonds. The number of hydrogen-bond donors (Lipinski definition) is 1. The predicted octanol–water partition coefficient (Wildman–Crippen LogP) is 2.28. The van der Waals surface area contributed by atoms with E-state index in [1.54, 1.807) is 6.07 Å². The molecule has 1 fully saturated rings. The van der Waals surface area contributed by atoms with Gasteiger partial charge in [-0.25, -0.2) is 4.98 Å². The highest BCUT2D eigenvalue weighted by atomic mass is 32.1. The number of hydrogen-bond acceptors (Lipinski definition) is 5. The monoisotopic (exact) mass is 317 g/mol. The number of nitrogens with zero attached hydrogens (tertiary/aromatic N) is 2. The predicted molar refractivity (Wildman–Crippen MR) is 80.6 cm³/mol. The quantitative estimate of drug-likeness (QED) is 0.942. The standard InChI is InChI=1S/C15H15N3O3S/c19-13(10-4-6-21-8-10)17-15-16-11-3-5-18(7-12(11)22-15)14(20)9-1-2-9/h4,6,8-9H,1-3,5,7H2,(H,16,17,19). The fourth-order valence-corrected chi connectivity index (χ4v) is 3.61. The van der Waals surface area contributed by atoms with Crippen molar-refractivity contribution in [1.29, 1.82) is 0 Å². The van der Waals surface area contributed by atoms with Gasteiger partial charge >= 0.3 is 0 Å². The minimum absolute atomic E-state index is 0.231. The van der Waals surface area contributed by atoms with Gasteiger partial charge in [-0.1, -0.05) is 11.3 Å². The van der Waals surface area contributed by atoms with Crippen LogP contribution in [0.5, 0.6) is 0 Å². The highest BCUT2D eigenvalue weighted by Gasteiger charge is 2.35. The molecule has 1 aliphatic heterocycles. The van der Waals surface area contributed by atoms with Gasteiger partial charge < -0.3 is 9.32 Å². The Kier molecular flexibility index (Phi) is 3.22. The molecule has 22 heavy (non-hydrogen) atoms. The number of furan rings is 1. The van der Waals surface area contributed by atoms with Crippen LogP contribution in [-0.2, 0) is 17.8 Å². The van der Waals surface area contributed by atoms with E-state index in [0.717, 1.165) is 36.4 Å². The molecule has 3 heterocycles. The third-order valence-corrected chi connectivity index (χ3v) is 4.97. The molecule has 4 rings (SSSR count). The molecule has 114 valence electrons. The number of carbonyl (C=O) groups is 2. The Morgan fingerprint density at radius 3 is 3.00 bits per heavy atom. The van der Waals surface area contributed by atoms with Gasteiger partial charge in [0, 0.05) is 23.8 Å². The van der Waals surface area contributed by atoms with Gasteiger partial charge in [0.15, 0.2) is 5.13 Å². The first-order chi connectivity index (χ1) is 10.7. The highest BCUT2D eigenvalue weighted by molar-refractivity contribution is 7.15. The van der Waals surface area contributed by atoms with Gasteiger partial charge in [-0.05, 0) is 18.9 Å². The van der Waals surface area contributed by atoms with Crippen LogP contribution in [0.4, 0.5) is 5.13 Å². The molecule has 1 saturated carbocycles. The Labute approximate surface area is 131 Å². The fraction of sp³-hybridized carbons (Fsp3) is 0.400. The number of aromatic nitrogens is 1. The molecule has 1 N–H and O–H groups in total. The molecule has 0 aromatic carbocycles. The highest BCUT2D eigenvalue weighted by Crippen LogP contribution is 2.34. The van der Waals surface area contributed by atoms with E-state index in [-0.39, 0.29) is 17.7 Å². The van der Waals surface area contributed by atoms with Crippen molar-refractivity contribution in [3.8, 4) is 0 Å². The Bertz CT molecular complexity index is 718. The van der Waals surface area contributed by atoms with Crippen LogP contribution in [0.1, 0.15) is 33.8 Å². The summed E-state index contributed by atoms with van der Waals surface area (Å²) >= 11 is 1.45. The van der Waals surface area contributed by atoms with E-state index in [9.17, 15) is 9.59 Å². The van der Waals surface area contributed by atoms with Crippen molar-refractivity contribution in [2.24, 2.45) is 5.92 Å². The molecule has 7 heteroatoms. The summed E-state index contributed by atoms with van der Waals surface area (Å²) in [6, 6.07) is 1.61. The average molecular weight is 317 g/mol. The van der Waals surface area contributed by atoms with Gasteiger partial charge in [0.1, 0.15) is 6.26 Å². The van der Waals surface area contributed by atoms with Gasteiger partial charge in [0.2, 0.25) is 5.91 Å². The molecule has 2 aliphatic rings. The van der Waals surface area contributed by atoms with E-state index in [1.807, 2.05) is 4.90 Å². The van der Waals surface area contributed by atoms with E-state index < -0.39 is 0 Å². The zero-order chi connectivity index (χ0) is 15.1. The second-order valence-corrected chi connectivity index (χ2v) is 6.72. The molecular formula is C15H15N3O3S. The van der Waals surface area contributed by atoms with Crippen molar-refractivity contribution >= 4 is 28.3 Å². The number of thiazole rings is 1. The lowest BCUT2D eigenvalue weighted by Gasteiger charge is -2.26. The average Bonchev–Trinajstić information content (AvgIpc) is 3.07. The fourth-order valence-electron chi connectivity index (χ4n) is 2.59. The van der Waals surface area contributed by atoms with Gasteiger partial charge in [-0.15, -0.1) is 0 Å². The third-order valence-electron chi connectivity index (χ3n) is 3.97. The molecule has 0 saturated heterocycles. The van der Waals surface area contributed by atoms with Gasteiger partial charge in [-0.2, -0.15) is 0 Å². The van der Waals surface area contributed by atoms with E-state index in [0.29, 0.717) is 17.2 Å². The van der Waals surface area contributed by atoms with E-state index in [4.69, 9.17) is 4.42 Å². The molecule has 0 radical (unpaired) electrons. The van der Waals surface area contributed by atoms with Crippen LogP contribution in [0, 0.1) is 5.92 Å². The maximum atomic E-state index is 12.1. The number of nitrogens with one attached hydrogen (secondary N) is 1. The van der Waals surface area contributed by atoms with Crippen molar-refractivity contribution < 1.29 is 14.0 Å². The van der Waals surface area contributed by atoms with Crippen LogP contribution in [0.15, 0.2) is 23.0 Å². The summed E-state index contributed by atoms with van der Waals surface area (Å²) in [4.78, 5) is 31.6. The summed E-state index contributed by atoms with van der Waals surface area (Å²) in [7, 11) is 0. The van der Waals surface area contributed by atoms with Gasteiger partial charge in [0.05, 0.1) is 24.1 Å². The Hall–Kier alpha value is -2.15. The topological polar surface area (TPSA) is 75.4 Å². The van der Waals surface area contributed by atoms with E-state index in [2.05, 4.69) is 10.3 Å². The molecule has 2 aromatic heterocycles. The lowest BCUT2D eigenvalue weighted by atomic mass is 10.1. The number of anilines is 1. The summed E-state index contributed by atoms with van der Waals surface area (Å²) in [5.74, 6) is 0.281. The van der Waals surface area contributed by atoms with Gasteiger partial charge in [-0.3, -0.25) is 14.9 Å². The largest absolute Gasteiger partial charge is 0.472 e. The van der Waals surface area contributed by atoms with Crippen molar-refractivity contribution in [3.63, 3.8) is 0 Å². The van der Waals surface area contributed by atoms with Crippen molar-refractivity contribution in [3.05, 3.63) is 34.7 Å². The van der Waals surface area contributed by atoms with Crippen LogP contribution >= 0.6 is 11.3 Å². The van der Waals surface area contributed by atoms with Gasteiger partial charge in [0.25, 0.3) is 5.91 Å².